The maximum Gasteiger partial charge on any atom is 0.303 e. The van der Waals surface area contributed by atoms with Gasteiger partial charge < -0.3 is 18.9 Å². The lowest BCUT2D eigenvalue weighted by Gasteiger charge is -2.25. The van der Waals surface area contributed by atoms with E-state index < -0.39 is 6.10 Å². The van der Waals surface area contributed by atoms with E-state index in [-0.39, 0.29) is 11.2 Å². The van der Waals surface area contributed by atoms with Crippen LogP contribution in [-0.4, -0.2) is 36.6 Å². The number of carbonyl (C=O) groups is 1. The quantitative estimate of drug-likeness (QED) is 0.464. The minimum Gasteiger partial charge on any atom is -0.497 e. The van der Waals surface area contributed by atoms with Crippen LogP contribution in [0.5, 0.6) is 5.75 Å². The summed E-state index contributed by atoms with van der Waals surface area (Å²) in [6, 6.07) is 18.0. The Morgan fingerprint density at radius 2 is 1.87 bits per heavy atom. The molecule has 2 heterocycles. The van der Waals surface area contributed by atoms with Crippen LogP contribution in [0, 0.1) is 0 Å². The molecule has 0 unspecified atom stereocenters. The van der Waals surface area contributed by atoms with E-state index in [0.717, 1.165) is 39.8 Å². The van der Waals surface area contributed by atoms with Crippen molar-refractivity contribution < 1.29 is 14.3 Å². The summed E-state index contributed by atoms with van der Waals surface area (Å²) in [6.07, 6.45) is -0.477. The Morgan fingerprint density at radius 3 is 2.52 bits per heavy atom. The van der Waals surface area contributed by atoms with E-state index in [1.54, 1.807) is 18.9 Å². The zero-order chi connectivity index (χ0) is 22.1. The SMILES string of the molecule is COc1ccc([C@H]2Sc3c(Cl)cccc3-n3c(CN(C)C)ccc3[C@H]2OC(C)=O)cc1. The molecule has 0 saturated carbocycles. The molecule has 0 fully saturated rings. The predicted molar refractivity (Wildman–Crippen MR) is 124 cm³/mol. The van der Waals surface area contributed by atoms with Crippen LogP contribution in [0.3, 0.4) is 0 Å². The van der Waals surface area contributed by atoms with Crippen molar-refractivity contribution in [1.29, 1.82) is 0 Å². The van der Waals surface area contributed by atoms with Crippen molar-refractivity contribution in [1.82, 2.24) is 9.47 Å². The molecule has 4 rings (SSSR count). The van der Waals surface area contributed by atoms with Gasteiger partial charge in [-0.3, -0.25) is 4.79 Å². The van der Waals surface area contributed by atoms with Crippen LogP contribution >= 0.6 is 23.4 Å². The van der Waals surface area contributed by atoms with Crippen molar-refractivity contribution in [3.8, 4) is 11.4 Å². The van der Waals surface area contributed by atoms with Crippen LogP contribution < -0.4 is 4.74 Å². The molecule has 7 heteroatoms. The minimum absolute atomic E-state index is 0.170. The molecule has 0 N–H and O–H groups in total. The lowest BCUT2D eigenvalue weighted by atomic mass is 10.0. The lowest BCUT2D eigenvalue weighted by Crippen LogP contribution is -2.19. The highest BCUT2D eigenvalue weighted by molar-refractivity contribution is 7.99. The second-order valence-electron chi connectivity index (χ2n) is 7.75. The average Bonchev–Trinajstić information content (AvgIpc) is 3.07. The normalized spacial score (nSPS) is 17.6. The van der Waals surface area contributed by atoms with Gasteiger partial charge in [-0.2, -0.15) is 0 Å². The number of nitrogens with zero attached hydrogens (tertiary/aromatic N) is 2. The number of halogens is 1. The Hall–Kier alpha value is -2.41. The third kappa shape index (κ3) is 4.33. The fraction of sp³-hybridized carbons (Fsp3) is 0.292. The Balaban J connectivity index is 1.94. The van der Waals surface area contributed by atoms with Gasteiger partial charge in [0.2, 0.25) is 0 Å². The van der Waals surface area contributed by atoms with Crippen molar-refractivity contribution in [2.75, 3.05) is 21.2 Å². The highest BCUT2D eigenvalue weighted by atomic mass is 35.5. The summed E-state index contributed by atoms with van der Waals surface area (Å²) in [5, 5.41) is 0.511. The molecule has 1 aliphatic rings. The molecule has 0 spiro atoms. The number of hydrogen-bond acceptors (Lipinski definition) is 5. The highest BCUT2D eigenvalue weighted by Crippen LogP contribution is 2.53. The molecule has 0 aliphatic carbocycles. The zero-order valence-corrected chi connectivity index (χ0v) is 19.5. The predicted octanol–water partition coefficient (Wildman–Crippen LogP) is 5.65. The number of rotatable bonds is 5. The van der Waals surface area contributed by atoms with Gasteiger partial charge in [0.1, 0.15) is 5.75 Å². The van der Waals surface area contributed by atoms with E-state index in [9.17, 15) is 4.79 Å². The minimum atomic E-state index is -0.477. The largest absolute Gasteiger partial charge is 0.497 e. The first-order valence-electron chi connectivity index (χ1n) is 10.0. The number of esters is 1. The van der Waals surface area contributed by atoms with E-state index in [4.69, 9.17) is 21.1 Å². The Kier molecular flexibility index (Phi) is 6.32. The molecule has 0 saturated heterocycles. The van der Waals surface area contributed by atoms with Crippen LogP contribution in [0.4, 0.5) is 0 Å². The molecule has 2 aromatic carbocycles. The summed E-state index contributed by atoms with van der Waals surface area (Å²) >= 11 is 8.31. The molecule has 1 aliphatic heterocycles. The molecule has 2 atom stereocenters. The molecule has 5 nitrogen and oxygen atoms in total. The van der Waals surface area contributed by atoms with Crippen LogP contribution in [0.15, 0.2) is 59.5 Å². The number of aromatic nitrogens is 1. The Bertz CT molecular complexity index is 1090. The molecule has 31 heavy (non-hydrogen) atoms. The number of hydrogen-bond donors (Lipinski definition) is 0. The second kappa shape index (κ2) is 8.99. The van der Waals surface area contributed by atoms with Gasteiger partial charge >= 0.3 is 5.97 Å². The molecular weight excluding hydrogens is 432 g/mol. The van der Waals surface area contributed by atoms with Gasteiger partial charge in [0.25, 0.3) is 0 Å². The monoisotopic (exact) mass is 456 g/mol. The first kappa shape index (κ1) is 21.8. The van der Waals surface area contributed by atoms with Crippen molar-refractivity contribution >= 4 is 29.3 Å². The number of benzene rings is 2. The lowest BCUT2D eigenvalue weighted by molar-refractivity contribution is -0.147. The van der Waals surface area contributed by atoms with E-state index in [0.29, 0.717) is 5.02 Å². The fourth-order valence-electron chi connectivity index (χ4n) is 3.93. The van der Waals surface area contributed by atoms with Gasteiger partial charge in [-0.25, -0.2) is 0 Å². The van der Waals surface area contributed by atoms with Crippen molar-refractivity contribution in [3.63, 3.8) is 0 Å². The van der Waals surface area contributed by atoms with Crippen LogP contribution in [0.2, 0.25) is 5.02 Å². The Morgan fingerprint density at radius 1 is 1.13 bits per heavy atom. The second-order valence-corrected chi connectivity index (χ2v) is 9.31. The number of thioether (sulfide) groups is 1. The summed E-state index contributed by atoms with van der Waals surface area (Å²) in [4.78, 5) is 15.2. The van der Waals surface area contributed by atoms with Crippen LogP contribution in [0.1, 0.15) is 35.2 Å². The van der Waals surface area contributed by atoms with Crippen LogP contribution in [0.25, 0.3) is 5.69 Å². The van der Waals surface area contributed by atoms with E-state index in [1.165, 1.54) is 6.92 Å². The van der Waals surface area contributed by atoms with E-state index >= 15 is 0 Å². The maximum atomic E-state index is 12.1. The molecule has 162 valence electrons. The average molecular weight is 457 g/mol. The fourth-order valence-corrected chi connectivity index (χ4v) is 5.56. The summed E-state index contributed by atoms with van der Waals surface area (Å²) in [5.74, 6) is 0.463. The number of carbonyl (C=O) groups excluding carboxylic acids is 1. The molecule has 0 bridgehead atoms. The number of methoxy groups -OCH3 is 1. The Labute approximate surface area is 191 Å². The molecule has 0 amide bonds. The summed E-state index contributed by atoms with van der Waals surface area (Å²) in [5.41, 5.74) is 4.08. The highest BCUT2D eigenvalue weighted by Gasteiger charge is 2.36. The van der Waals surface area contributed by atoms with Gasteiger partial charge in [-0.1, -0.05) is 29.8 Å². The van der Waals surface area contributed by atoms with E-state index in [2.05, 4.69) is 27.7 Å². The molecule has 1 aromatic heterocycles. The summed E-state index contributed by atoms with van der Waals surface area (Å²) in [6.45, 7) is 2.20. The van der Waals surface area contributed by atoms with E-state index in [1.807, 2.05) is 50.5 Å². The van der Waals surface area contributed by atoms with Crippen molar-refractivity contribution in [3.05, 3.63) is 76.6 Å². The summed E-state index contributed by atoms with van der Waals surface area (Å²) < 4.78 is 13.5. The smallest absolute Gasteiger partial charge is 0.303 e. The van der Waals surface area contributed by atoms with Gasteiger partial charge in [-0.15, -0.1) is 11.8 Å². The van der Waals surface area contributed by atoms with Crippen molar-refractivity contribution in [2.45, 2.75) is 29.7 Å². The zero-order valence-electron chi connectivity index (χ0n) is 18.0. The van der Waals surface area contributed by atoms with Gasteiger partial charge in [0.05, 0.1) is 33.7 Å². The molecule has 3 aromatic rings. The summed E-state index contributed by atoms with van der Waals surface area (Å²) in [7, 11) is 5.72. The van der Waals surface area contributed by atoms with Crippen LogP contribution in [-0.2, 0) is 16.1 Å². The number of fused-ring (bicyclic) bond motifs is 3. The van der Waals surface area contributed by atoms with Gasteiger partial charge in [0, 0.05) is 19.2 Å². The molecular formula is C24H25ClN2O3S. The third-order valence-corrected chi connectivity index (χ3v) is 7.07. The third-order valence-electron chi connectivity index (χ3n) is 5.21. The number of ether oxygens (including phenoxy) is 2. The van der Waals surface area contributed by atoms with Gasteiger partial charge in [-0.05, 0) is 56.1 Å². The first-order valence-corrected chi connectivity index (χ1v) is 11.3. The first-order chi connectivity index (χ1) is 14.9. The van der Waals surface area contributed by atoms with Gasteiger partial charge in [0.15, 0.2) is 6.10 Å². The standard InChI is InChI=1S/C24H25ClN2O3S/c1-15(28)30-22-20-13-10-17(14-26(2)3)27(20)21-7-5-6-19(25)24(21)31-23(22)16-8-11-18(29-4)12-9-16/h5-13,22-23H,14H2,1-4H3/t22-,23-/m1/s1. The maximum absolute atomic E-state index is 12.1. The molecule has 0 radical (unpaired) electrons. The topological polar surface area (TPSA) is 43.7 Å². The van der Waals surface area contributed by atoms with Crippen molar-refractivity contribution in [2.24, 2.45) is 0 Å².